The number of imide groups is 1. The number of benzene rings is 4. The summed E-state index contributed by atoms with van der Waals surface area (Å²) in [5.74, 6) is -0.513. The summed E-state index contributed by atoms with van der Waals surface area (Å²) in [6.07, 6.45) is 0.309. The van der Waals surface area contributed by atoms with E-state index < -0.39 is 35.7 Å². The summed E-state index contributed by atoms with van der Waals surface area (Å²) in [6.45, 7) is 0.252. The highest BCUT2D eigenvalue weighted by Crippen LogP contribution is 2.45. The van der Waals surface area contributed by atoms with Gasteiger partial charge in [0.1, 0.15) is 23.7 Å². The number of hydrogen-bond donors (Lipinski definition) is 2. The molecule has 7 rings (SSSR count). The molecule has 0 radical (unpaired) electrons. The van der Waals surface area contributed by atoms with Crippen molar-refractivity contribution in [2.24, 2.45) is 0 Å². The van der Waals surface area contributed by atoms with Gasteiger partial charge in [-0.3, -0.25) is 14.5 Å². The quantitative estimate of drug-likeness (QED) is 0.253. The number of aromatic nitrogens is 1. The number of H-pyrrole nitrogens is 1. The van der Waals surface area contributed by atoms with Crippen LogP contribution < -0.4 is 15.0 Å². The maximum Gasteiger partial charge on any atom is 0.332 e. The van der Waals surface area contributed by atoms with Gasteiger partial charge in [-0.05, 0) is 59.2 Å². The molecule has 4 amide bonds. The van der Waals surface area contributed by atoms with E-state index in [9.17, 15) is 18.8 Å². The number of carbonyl (C=O) groups excluding carboxylic acids is 3. The summed E-state index contributed by atoms with van der Waals surface area (Å²) < 4.78 is 19.1. The number of methoxy groups -OCH3 is 1. The second-order valence-corrected chi connectivity index (χ2v) is 10.6. The van der Waals surface area contributed by atoms with Crippen LogP contribution in [0.5, 0.6) is 5.75 Å². The van der Waals surface area contributed by atoms with Gasteiger partial charge in [-0.1, -0.05) is 54.6 Å². The molecule has 5 aromatic rings. The lowest BCUT2D eigenvalue weighted by atomic mass is 9.89. The van der Waals surface area contributed by atoms with Gasteiger partial charge in [-0.15, -0.1) is 0 Å². The summed E-state index contributed by atoms with van der Waals surface area (Å²) in [6, 6.07) is 25.7. The number of nitrogens with one attached hydrogen (secondary N) is 2. The smallest absolute Gasteiger partial charge is 0.332 e. The monoisotopic (exact) mass is 574 g/mol. The number of halogens is 1. The maximum absolute atomic E-state index is 14.2. The van der Waals surface area contributed by atoms with Crippen LogP contribution in [0.4, 0.5) is 14.9 Å². The number of anilines is 1. The molecule has 3 heterocycles. The van der Waals surface area contributed by atoms with E-state index in [-0.39, 0.29) is 17.8 Å². The van der Waals surface area contributed by atoms with E-state index in [2.05, 4.69) is 10.3 Å². The first-order valence-electron chi connectivity index (χ1n) is 14.0. The van der Waals surface area contributed by atoms with Crippen molar-refractivity contribution in [3.63, 3.8) is 0 Å². The number of carbonyl (C=O) groups is 3. The standard InChI is InChI=1S/C34H27FN4O4/c1-43-23-16-10-20(11-17-23)19-36-32(40)25-7-3-5-9-28(25)39-33(41)29-18-26-24-6-2-4-8-27(24)37-30(26)31(38(29)34(39)42)21-12-14-22(35)15-13-21/h2-17,29,31,37H,18-19H2,1H3,(H,36,40)/t29-,31?/m0/s1. The van der Waals surface area contributed by atoms with E-state index in [4.69, 9.17) is 4.74 Å². The molecule has 1 aromatic heterocycles. The van der Waals surface area contributed by atoms with Crippen LogP contribution in [-0.2, 0) is 17.8 Å². The Morgan fingerprint density at radius 3 is 2.44 bits per heavy atom. The summed E-state index contributed by atoms with van der Waals surface area (Å²) in [5.41, 5.74) is 4.60. The number of para-hydroxylation sites is 2. The van der Waals surface area contributed by atoms with E-state index in [1.54, 1.807) is 48.4 Å². The number of nitrogens with zero attached hydrogens (tertiary/aromatic N) is 2. The molecule has 0 spiro atoms. The van der Waals surface area contributed by atoms with Crippen molar-refractivity contribution in [2.45, 2.75) is 25.0 Å². The van der Waals surface area contributed by atoms with E-state index >= 15 is 0 Å². The zero-order valence-electron chi connectivity index (χ0n) is 23.2. The number of hydrogen-bond acceptors (Lipinski definition) is 4. The summed E-state index contributed by atoms with van der Waals surface area (Å²) in [5, 5.41) is 3.87. The highest BCUT2D eigenvalue weighted by Gasteiger charge is 2.53. The first-order chi connectivity index (χ1) is 20.9. The molecular formula is C34H27FN4O4. The van der Waals surface area contributed by atoms with Crippen molar-refractivity contribution in [2.75, 3.05) is 12.0 Å². The fraction of sp³-hybridized carbons (Fsp3) is 0.147. The van der Waals surface area contributed by atoms with Gasteiger partial charge in [-0.25, -0.2) is 14.1 Å². The third kappa shape index (κ3) is 4.41. The molecule has 0 bridgehead atoms. The Kier molecular flexibility index (Phi) is 6.42. The number of rotatable bonds is 6. The predicted molar refractivity (Wildman–Crippen MR) is 159 cm³/mol. The van der Waals surface area contributed by atoms with E-state index in [0.29, 0.717) is 17.7 Å². The minimum absolute atomic E-state index is 0.208. The molecule has 1 fully saturated rings. The molecule has 1 saturated heterocycles. The molecule has 0 saturated carbocycles. The average Bonchev–Trinajstić information content (AvgIpc) is 3.53. The normalized spacial score (nSPS) is 17.6. The van der Waals surface area contributed by atoms with Gasteiger partial charge >= 0.3 is 6.03 Å². The van der Waals surface area contributed by atoms with Crippen LogP contribution in [0, 0.1) is 5.82 Å². The molecule has 43 heavy (non-hydrogen) atoms. The zero-order chi connectivity index (χ0) is 29.7. The molecular weight excluding hydrogens is 547 g/mol. The summed E-state index contributed by atoms with van der Waals surface area (Å²) in [7, 11) is 1.59. The Balaban J connectivity index is 1.25. The fourth-order valence-corrected chi connectivity index (χ4v) is 6.17. The molecule has 8 nitrogen and oxygen atoms in total. The fourth-order valence-electron chi connectivity index (χ4n) is 6.17. The highest BCUT2D eigenvalue weighted by molar-refractivity contribution is 6.24. The van der Waals surface area contributed by atoms with Crippen LogP contribution in [0.25, 0.3) is 10.9 Å². The Labute approximate surface area is 246 Å². The maximum atomic E-state index is 14.2. The second kappa shape index (κ2) is 10.4. The number of urea groups is 1. The van der Waals surface area contributed by atoms with E-state index in [1.165, 1.54) is 12.1 Å². The predicted octanol–water partition coefficient (Wildman–Crippen LogP) is 5.73. The topological polar surface area (TPSA) is 94.7 Å². The molecule has 214 valence electrons. The van der Waals surface area contributed by atoms with Gasteiger partial charge in [0, 0.05) is 29.6 Å². The molecule has 2 atom stereocenters. The average molecular weight is 575 g/mol. The minimum atomic E-state index is -0.801. The molecule has 2 aliphatic rings. The van der Waals surface area contributed by atoms with Gasteiger partial charge in [0.05, 0.1) is 18.4 Å². The van der Waals surface area contributed by atoms with Crippen molar-refractivity contribution >= 4 is 34.4 Å². The first kappa shape index (κ1) is 26.5. The molecule has 4 aromatic carbocycles. The Morgan fingerprint density at radius 2 is 1.67 bits per heavy atom. The van der Waals surface area contributed by atoms with E-state index in [1.807, 2.05) is 48.5 Å². The molecule has 1 unspecified atom stereocenters. The summed E-state index contributed by atoms with van der Waals surface area (Å²) in [4.78, 5) is 47.9. The minimum Gasteiger partial charge on any atom is -0.497 e. The van der Waals surface area contributed by atoms with Crippen molar-refractivity contribution < 1.29 is 23.5 Å². The molecule has 0 aliphatic carbocycles. The Hall–Kier alpha value is -5.44. The van der Waals surface area contributed by atoms with Crippen molar-refractivity contribution in [3.8, 4) is 5.75 Å². The van der Waals surface area contributed by atoms with Crippen molar-refractivity contribution in [3.05, 3.63) is 131 Å². The highest BCUT2D eigenvalue weighted by atomic mass is 19.1. The Bertz CT molecular complexity index is 1880. The Morgan fingerprint density at radius 1 is 0.953 bits per heavy atom. The van der Waals surface area contributed by atoms with Gasteiger partial charge < -0.3 is 15.0 Å². The van der Waals surface area contributed by atoms with Crippen LogP contribution in [0.15, 0.2) is 97.1 Å². The largest absolute Gasteiger partial charge is 0.497 e. The van der Waals surface area contributed by atoms with Gasteiger partial charge in [-0.2, -0.15) is 0 Å². The zero-order valence-corrected chi connectivity index (χ0v) is 23.2. The van der Waals surface area contributed by atoms with Crippen LogP contribution in [0.1, 0.15) is 38.8 Å². The third-order valence-corrected chi connectivity index (χ3v) is 8.24. The van der Waals surface area contributed by atoms with Crippen molar-refractivity contribution in [1.29, 1.82) is 0 Å². The SMILES string of the molecule is COc1ccc(CNC(=O)c2ccccc2N2C(=O)[C@@H]3Cc4c([nH]c5ccccc45)C(c4ccc(F)cc4)N3C2=O)cc1. The lowest BCUT2D eigenvalue weighted by Gasteiger charge is -2.36. The van der Waals surface area contributed by atoms with Gasteiger partial charge in [0.15, 0.2) is 0 Å². The van der Waals surface area contributed by atoms with Gasteiger partial charge in [0.25, 0.3) is 11.8 Å². The van der Waals surface area contributed by atoms with Crippen LogP contribution in [0.2, 0.25) is 0 Å². The first-order valence-corrected chi connectivity index (χ1v) is 14.0. The molecule has 2 N–H and O–H groups in total. The van der Waals surface area contributed by atoms with Crippen LogP contribution in [0.3, 0.4) is 0 Å². The van der Waals surface area contributed by atoms with Crippen LogP contribution in [-0.4, -0.2) is 40.9 Å². The van der Waals surface area contributed by atoms with Gasteiger partial charge in [0.2, 0.25) is 0 Å². The number of amides is 4. The lowest BCUT2D eigenvalue weighted by molar-refractivity contribution is -0.120. The lowest BCUT2D eigenvalue weighted by Crippen LogP contribution is -2.44. The number of ether oxygens (including phenoxy) is 1. The number of aromatic amines is 1. The molecule has 9 heteroatoms. The molecule has 2 aliphatic heterocycles. The van der Waals surface area contributed by atoms with E-state index in [0.717, 1.165) is 32.6 Å². The number of fused-ring (bicyclic) bond motifs is 4. The van der Waals surface area contributed by atoms with Crippen LogP contribution >= 0.6 is 0 Å². The van der Waals surface area contributed by atoms with Crippen molar-refractivity contribution in [1.82, 2.24) is 15.2 Å². The third-order valence-electron chi connectivity index (χ3n) is 8.24. The second-order valence-electron chi connectivity index (χ2n) is 10.6. The summed E-state index contributed by atoms with van der Waals surface area (Å²) >= 11 is 0.